The first-order valence-electron chi connectivity index (χ1n) is 6.34. The molecule has 0 aromatic carbocycles. The second kappa shape index (κ2) is 6.34. The maximum absolute atomic E-state index is 11.8. The Morgan fingerprint density at radius 2 is 2.42 bits per heavy atom. The van der Waals surface area contributed by atoms with Crippen LogP contribution in [0.4, 0.5) is 5.69 Å². The highest BCUT2D eigenvalue weighted by Crippen LogP contribution is 2.17. The van der Waals surface area contributed by atoms with E-state index in [1.54, 1.807) is 19.3 Å². The number of hydrogen-bond donors (Lipinski definition) is 1. The molecule has 6 heteroatoms. The fourth-order valence-electron chi connectivity index (χ4n) is 2.13. The van der Waals surface area contributed by atoms with Gasteiger partial charge >= 0.3 is 0 Å². The SMILES string of the molecule is Cn1cc(NC(=O)CC[C@H]2CCCO2)cc(Br)c1=O. The van der Waals surface area contributed by atoms with E-state index in [1.165, 1.54) is 4.57 Å². The number of amides is 1. The van der Waals surface area contributed by atoms with Crippen LogP contribution < -0.4 is 10.9 Å². The molecule has 1 saturated heterocycles. The molecule has 1 aliphatic heterocycles. The van der Waals surface area contributed by atoms with Gasteiger partial charge in [-0.25, -0.2) is 0 Å². The number of aromatic nitrogens is 1. The fraction of sp³-hybridized carbons (Fsp3) is 0.538. The maximum Gasteiger partial charge on any atom is 0.264 e. The van der Waals surface area contributed by atoms with Crippen molar-refractivity contribution in [1.29, 1.82) is 0 Å². The van der Waals surface area contributed by atoms with Gasteiger partial charge in [0.15, 0.2) is 0 Å². The van der Waals surface area contributed by atoms with E-state index in [1.807, 2.05) is 0 Å². The number of ether oxygens (including phenoxy) is 1. The molecule has 0 aliphatic carbocycles. The van der Waals surface area contributed by atoms with Crippen LogP contribution in [0, 0.1) is 0 Å². The summed E-state index contributed by atoms with van der Waals surface area (Å²) in [4.78, 5) is 23.3. The molecule has 2 heterocycles. The average molecular weight is 329 g/mol. The van der Waals surface area contributed by atoms with Gasteiger partial charge in [0.2, 0.25) is 5.91 Å². The number of pyridine rings is 1. The van der Waals surface area contributed by atoms with Crippen LogP contribution in [0.3, 0.4) is 0 Å². The minimum Gasteiger partial charge on any atom is -0.378 e. The number of carbonyl (C=O) groups excluding carboxylic acids is 1. The van der Waals surface area contributed by atoms with Gasteiger partial charge in [-0.1, -0.05) is 0 Å². The van der Waals surface area contributed by atoms with Crippen LogP contribution in [-0.2, 0) is 16.6 Å². The standard InChI is InChI=1S/C13H17BrN2O3/c1-16-8-9(7-11(14)13(16)18)15-12(17)5-4-10-3-2-6-19-10/h7-8,10H,2-6H2,1H3,(H,15,17)/t10-/m1/s1. The molecule has 0 spiro atoms. The van der Waals surface area contributed by atoms with Gasteiger partial charge in [-0.15, -0.1) is 0 Å². The normalized spacial score (nSPS) is 18.5. The summed E-state index contributed by atoms with van der Waals surface area (Å²) in [5.41, 5.74) is 0.490. The molecule has 19 heavy (non-hydrogen) atoms. The summed E-state index contributed by atoms with van der Waals surface area (Å²) >= 11 is 3.18. The Morgan fingerprint density at radius 3 is 3.05 bits per heavy atom. The van der Waals surface area contributed by atoms with E-state index in [9.17, 15) is 9.59 Å². The molecule has 1 N–H and O–H groups in total. The Labute approximate surface area is 120 Å². The molecule has 1 amide bonds. The Balaban J connectivity index is 1.89. The number of nitrogens with one attached hydrogen (secondary N) is 1. The summed E-state index contributed by atoms with van der Waals surface area (Å²) in [5, 5.41) is 2.79. The van der Waals surface area contributed by atoms with Crippen molar-refractivity contribution in [3.63, 3.8) is 0 Å². The number of rotatable bonds is 4. The minimum atomic E-state index is -0.127. The van der Waals surface area contributed by atoms with Gasteiger partial charge in [0.1, 0.15) is 0 Å². The van der Waals surface area contributed by atoms with Crippen LogP contribution in [0.2, 0.25) is 0 Å². The Morgan fingerprint density at radius 1 is 1.63 bits per heavy atom. The smallest absolute Gasteiger partial charge is 0.264 e. The maximum atomic E-state index is 11.8. The molecule has 0 bridgehead atoms. The zero-order valence-corrected chi connectivity index (χ0v) is 12.4. The van der Waals surface area contributed by atoms with E-state index in [-0.39, 0.29) is 17.6 Å². The van der Waals surface area contributed by atoms with Gasteiger partial charge in [0, 0.05) is 26.3 Å². The molecule has 5 nitrogen and oxygen atoms in total. The highest BCUT2D eigenvalue weighted by atomic mass is 79.9. The molecule has 0 unspecified atom stereocenters. The first-order valence-corrected chi connectivity index (χ1v) is 7.13. The third kappa shape index (κ3) is 3.91. The number of hydrogen-bond acceptors (Lipinski definition) is 3. The Bertz CT molecular complexity index is 495. The van der Waals surface area contributed by atoms with Gasteiger partial charge < -0.3 is 14.6 Å². The Hall–Kier alpha value is -1.14. The monoisotopic (exact) mass is 328 g/mol. The van der Waals surface area contributed by atoms with Gasteiger partial charge in [-0.3, -0.25) is 9.59 Å². The first-order chi connectivity index (χ1) is 9.06. The fourth-order valence-corrected chi connectivity index (χ4v) is 2.65. The topological polar surface area (TPSA) is 60.3 Å². The molecule has 1 aromatic heterocycles. The number of carbonyl (C=O) groups is 1. The van der Waals surface area contributed by atoms with Crippen molar-refractivity contribution < 1.29 is 9.53 Å². The summed E-state index contributed by atoms with van der Waals surface area (Å²) in [6.07, 6.45) is 5.14. The molecular weight excluding hydrogens is 312 g/mol. The molecular formula is C13H17BrN2O3. The quantitative estimate of drug-likeness (QED) is 0.920. The lowest BCUT2D eigenvalue weighted by atomic mass is 10.1. The van der Waals surface area contributed by atoms with E-state index < -0.39 is 0 Å². The van der Waals surface area contributed by atoms with Crippen molar-refractivity contribution in [3.05, 3.63) is 27.1 Å². The predicted octanol–water partition coefficient (Wildman–Crippen LogP) is 2.05. The number of nitrogens with zero attached hydrogens (tertiary/aromatic N) is 1. The molecule has 0 saturated carbocycles. The largest absolute Gasteiger partial charge is 0.378 e. The molecule has 1 aromatic rings. The lowest BCUT2D eigenvalue weighted by molar-refractivity contribution is -0.116. The molecule has 104 valence electrons. The second-order valence-corrected chi connectivity index (χ2v) is 5.57. The van der Waals surface area contributed by atoms with Crippen LogP contribution in [0.25, 0.3) is 0 Å². The second-order valence-electron chi connectivity index (χ2n) is 4.71. The molecule has 0 radical (unpaired) electrons. The van der Waals surface area contributed by atoms with E-state index >= 15 is 0 Å². The number of aryl methyl sites for hydroxylation is 1. The van der Waals surface area contributed by atoms with E-state index in [2.05, 4.69) is 21.2 Å². The summed E-state index contributed by atoms with van der Waals surface area (Å²) < 4.78 is 7.34. The van der Waals surface area contributed by atoms with Crippen molar-refractivity contribution in [1.82, 2.24) is 4.57 Å². The van der Waals surface area contributed by atoms with Crippen molar-refractivity contribution >= 4 is 27.5 Å². The third-order valence-electron chi connectivity index (χ3n) is 3.14. The van der Waals surface area contributed by atoms with Crippen molar-refractivity contribution in [3.8, 4) is 0 Å². The third-order valence-corrected chi connectivity index (χ3v) is 3.71. The summed E-state index contributed by atoms with van der Waals surface area (Å²) in [6, 6.07) is 1.62. The van der Waals surface area contributed by atoms with Gasteiger partial charge in [0.25, 0.3) is 5.56 Å². The van der Waals surface area contributed by atoms with Crippen LogP contribution >= 0.6 is 15.9 Å². The van der Waals surface area contributed by atoms with Crippen LogP contribution in [0.1, 0.15) is 25.7 Å². The molecule has 1 fully saturated rings. The van der Waals surface area contributed by atoms with Gasteiger partial charge in [0.05, 0.1) is 16.3 Å². The first kappa shape index (κ1) is 14.3. The number of halogens is 1. The highest BCUT2D eigenvalue weighted by Gasteiger charge is 2.16. The summed E-state index contributed by atoms with van der Waals surface area (Å²) in [6.45, 7) is 0.806. The summed E-state index contributed by atoms with van der Waals surface area (Å²) in [5.74, 6) is -0.0546. The van der Waals surface area contributed by atoms with Crippen LogP contribution in [-0.4, -0.2) is 23.2 Å². The Kier molecular flexibility index (Phi) is 4.76. The predicted molar refractivity (Wildman–Crippen MR) is 76.2 cm³/mol. The van der Waals surface area contributed by atoms with Crippen LogP contribution in [0.15, 0.2) is 21.5 Å². The van der Waals surface area contributed by atoms with Crippen molar-refractivity contribution in [2.45, 2.75) is 31.8 Å². The summed E-state index contributed by atoms with van der Waals surface area (Å²) in [7, 11) is 1.65. The molecule has 2 rings (SSSR count). The molecule has 1 aliphatic rings. The van der Waals surface area contributed by atoms with Gasteiger partial charge in [-0.2, -0.15) is 0 Å². The van der Waals surface area contributed by atoms with Gasteiger partial charge in [-0.05, 0) is 41.3 Å². The number of anilines is 1. The lowest BCUT2D eigenvalue weighted by Gasteiger charge is -2.10. The van der Waals surface area contributed by atoms with E-state index in [0.717, 1.165) is 25.9 Å². The van der Waals surface area contributed by atoms with Crippen molar-refractivity contribution in [2.75, 3.05) is 11.9 Å². The zero-order chi connectivity index (χ0) is 13.8. The minimum absolute atomic E-state index is 0.0546. The van der Waals surface area contributed by atoms with Crippen LogP contribution in [0.5, 0.6) is 0 Å². The van der Waals surface area contributed by atoms with E-state index in [0.29, 0.717) is 16.6 Å². The highest BCUT2D eigenvalue weighted by molar-refractivity contribution is 9.10. The lowest BCUT2D eigenvalue weighted by Crippen LogP contribution is -2.20. The zero-order valence-electron chi connectivity index (χ0n) is 10.8. The van der Waals surface area contributed by atoms with Crippen molar-refractivity contribution in [2.24, 2.45) is 7.05 Å². The van der Waals surface area contributed by atoms with E-state index in [4.69, 9.17) is 4.74 Å². The average Bonchev–Trinajstić information content (AvgIpc) is 2.86. The molecule has 1 atom stereocenters.